The number of rotatable bonds is 5. The number of nitrogens with one attached hydrogen (secondary N) is 1. The summed E-state index contributed by atoms with van der Waals surface area (Å²) in [6, 6.07) is 8.78. The second kappa shape index (κ2) is 6.12. The monoisotopic (exact) mass is 305 g/mol. The number of halogens is 1. The van der Waals surface area contributed by atoms with Crippen LogP contribution in [0.3, 0.4) is 0 Å². The van der Waals surface area contributed by atoms with Crippen molar-refractivity contribution in [3.05, 3.63) is 46.7 Å². The van der Waals surface area contributed by atoms with Gasteiger partial charge in [-0.15, -0.1) is 0 Å². The van der Waals surface area contributed by atoms with Gasteiger partial charge in [-0.05, 0) is 55.3 Å². The van der Waals surface area contributed by atoms with Crippen LogP contribution >= 0.6 is 23.4 Å². The average molecular weight is 306 g/mol. The molecule has 1 aliphatic rings. The Hall–Kier alpha value is -1.10. The van der Waals surface area contributed by atoms with Gasteiger partial charge in [0.1, 0.15) is 0 Å². The maximum Gasteiger partial charge on any atom is 0.192 e. The minimum atomic E-state index is 0.712. The first-order valence-corrected chi connectivity index (χ1v) is 7.89. The first kappa shape index (κ1) is 13.9. The lowest BCUT2D eigenvalue weighted by Crippen LogP contribution is -2.15. The highest BCUT2D eigenvalue weighted by Gasteiger charge is 2.20. The number of aryl methyl sites for hydroxylation is 1. The van der Waals surface area contributed by atoms with Crippen LogP contribution in [-0.2, 0) is 6.54 Å². The predicted molar refractivity (Wildman–Crippen MR) is 82.2 cm³/mol. The highest BCUT2D eigenvalue weighted by atomic mass is 35.5. The summed E-state index contributed by atoms with van der Waals surface area (Å²) in [5.41, 5.74) is 2.18. The van der Waals surface area contributed by atoms with Crippen LogP contribution in [0.1, 0.15) is 24.1 Å². The van der Waals surface area contributed by atoms with E-state index in [9.17, 15) is 0 Å². The van der Waals surface area contributed by atoms with Crippen molar-refractivity contribution < 1.29 is 0 Å². The molecule has 1 N–H and O–H groups in total. The molecular weight excluding hydrogens is 290 g/mol. The van der Waals surface area contributed by atoms with Crippen molar-refractivity contribution in [2.75, 3.05) is 0 Å². The van der Waals surface area contributed by atoms with Crippen molar-refractivity contribution >= 4 is 23.4 Å². The fourth-order valence-corrected chi connectivity index (χ4v) is 2.97. The van der Waals surface area contributed by atoms with Gasteiger partial charge < -0.3 is 5.32 Å². The fraction of sp³-hybridized carbons (Fsp3) is 0.333. The first-order valence-electron chi connectivity index (χ1n) is 6.70. The summed E-state index contributed by atoms with van der Waals surface area (Å²) in [5.74, 6) is 0. The van der Waals surface area contributed by atoms with Gasteiger partial charge in [-0.25, -0.2) is 9.97 Å². The third-order valence-corrected chi connectivity index (χ3v) is 4.52. The molecule has 0 radical (unpaired) electrons. The highest BCUT2D eigenvalue weighted by molar-refractivity contribution is 7.99. The number of nitrogens with zero attached hydrogens (tertiary/aromatic N) is 2. The molecule has 1 aromatic heterocycles. The Morgan fingerprint density at radius 1 is 1.35 bits per heavy atom. The van der Waals surface area contributed by atoms with Gasteiger partial charge in [0.25, 0.3) is 0 Å². The van der Waals surface area contributed by atoms with Gasteiger partial charge >= 0.3 is 0 Å². The summed E-state index contributed by atoms with van der Waals surface area (Å²) in [5, 5.41) is 4.98. The van der Waals surface area contributed by atoms with E-state index in [2.05, 4.69) is 21.4 Å². The van der Waals surface area contributed by atoms with Crippen molar-refractivity contribution in [3.8, 4) is 0 Å². The molecule has 3 rings (SSSR count). The second-order valence-corrected chi connectivity index (χ2v) is 6.42. The smallest absolute Gasteiger partial charge is 0.192 e. The summed E-state index contributed by atoms with van der Waals surface area (Å²) < 4.78 is 0. The lowest BCUT2D eigenvalue weighted by molar-refractivity contribution is 0.687. The zero-order valence-electron chi connectivity index (χ0n) is 11.3. The molecule has 2 aromatic rings. The Morgan fingerprint density at radius 3 is 2.90 bits per heavy atom. The van der Waals surface area contributed by atoms with Crippen molar-refractivity contribution in [2.24, 2.45) is 0 Å². The van der Waals surface area contributed by atoms with E-state index in [1.54, 1.807) is 6.20 Å². The van der Waals surface area contributed by atoms with E-state index in [4.69, 9.17) is 11.6 Å². The van der Waals surface area contributed by atoms with Crippen LogP contribution in [0.25, 0.3) is 0 Å². The zero-order chi connectivity index (χ0) is 13.9. The largest absolute Gasteiger partial charge is 0.310 e. The lowest BCUT2D eigenvalue weighted by atomic mass is 10.2. The van der Waals surface area contributed by atoms with Crippen molar-refractivity contribution in [2.45, 2.75) is 42.4 Å². The fourth-order valence-electron chi connectivity index (χ4n) is 1.86. The quantitative estimate of drug-likeness (QED) is 0.852. The highest BCUT2D eigenvalue weighted by Crippen LogP contribution is 2.32. The van der Waals surface area contributed by atoms with Gasteiger partial charge in [0.05, 0.1) is 5.02 Å². The van der Waals surface area contributed by atoms with Gasteiger partial charge in [-0.3, -0.25) is 0 Å². The minimum absolute atomic E-state index is 0.712. The average Bonchev–Trinajstić information content (AvgIpc) is 3.23. The summed E-state index contributed by atoms with van der Waals surface area (Å²) in [6.07, 6.45) is 4.37. The standard InChI is InChI=1S/C15H16ClN3S/c1-10-6-7-17-15(19-10)20-14-5-2-11(8-13(14)16)9-18-12-3-4-12/h2,5-8,12,18H,3-4,9H2,1H3. The molecule has 20 heavy (non-hydrogen) atoms. The van der Waals surface area contributed by atoms with Gasteiger partial charge in [0.15, 0.2) is 5.16 Å². The normalized spacial score (nSPS) is 14.5. The van der Waals surface area contributed by atoms with Crippen molar-refractivity contribution in [1.29, 1.82) is 0 Å². The maximum atomic E-state index is 6.35. The molecule has 0 saturated heterocycles. The van der Waals surface area contributed by atoms with Gasteiger partial charge in [-0.2, -0.15) is 0 Å². The summed E-state index contributed by atoms with van der Waals surface area (Å²) in [7, 11) is 0. The molecule has 0 amide bonds. The van der Waals surface area contributed by atoms with Crippen LogP contribution < -0.4 is 5.32 Å². The van der Waals surface area contributed by atoms with E-state index >= 15 is 0 Å². The van der Waals surface area contributed by atoms with Crippen LogP contribution in [0.5, 0.6) is 0 Å². The summed E-state index contributed by atoms with van der Waals surface area (Å²) >= 11 is 7.85. The Labute approximate surface area is 128 Å². The molecule has 0 unspecified atom stereocenters. The number of aromatic nitrogens is 2. The van der Waals surface area contributed by atoms with E-state index in [1.807, 2.05) is 25.1 Å². The van der Waals surface area contributed by atoms with Crippen LogP contribution in [0, 0.1) is 6.92 Å². The molecule has 1 saturated carbocycles. The molecule has 0 bridgehead atoms. The Morgan fingerprint density at radius 2 is 2.20 bits per heavy atom. The molecule has 0 spiro atoms. The molecule has 104 valence electrons. The molecule has 0 aliphatic heterocycles. The second-order valence-electron chi connectivity index (χ2n) is 5.00. The van der Waals surface area contributed by atoms with E-state index in [0.29, 0.717) is 6.04 Å². The molecule has 1 heterocycles. The summed E-state index contributed by atoms with van der Waals surface area (Å²) in [4.78, 5) is 9.62. The number of hydrogen-bond donors (Lipinski definition) is 1. The lowest BCUT2D eigenvalue weighted by Gasteiger charge is -2.07. The molecule has 1 aromatic carbocycles. The molecule has 1 aliphatic carbocycles. The maximum absolute atomic E-state index is 6.35. The molecule has 3 nitrogen and oxygen atoms in total. The topological polar surface area (TPSA) is 37.8 Å². The third-order valence-electron chi connectivity index (χ3n) is 3.14. The predicted octanol–water partition coefficient (Wildman–Crippen LogP) is 3.84. The van der Waals surface area contributed by atoms with E-state index < -0.39 is 0 Å². The van der Waals surface area contributed by atoms with Crippen molar-refractivity contribution in [3.63, 3.8) is 0 Å². The van der Waals surface area contributed by atoms with Gasteiger partial charge in [0, 0.05) is 29.4 Å². The third kappa shape index (κ3) is 3.72. The van der Waals surface area contributed by atoms with Gasteiger partial charge in [0.2, 0.25) is 0 Å². The number of benzene rings is 1. The Balaban J connectivity index is 1.69. The summed E-state index contributed by atoms with van der Waals surface area (Å²) in [6.45, 7) is 2.84. The van der Waals surface area contributed by atoms with Crippen molar-refractivity contribution in [1.82, 2.24) is 15.3 Å². The minimum Gasteiger partial charge on any atom is -0.310 e. The van der Waals surface area contributed by atoms with E-state index in [0.717, 1.165) is 27.3 Å². The molecule has 1 fully saturated rings. The van der Waals surface area contributed by atoms with Crippen LogP contribution in [-0.4, -0.2) is 16.0 Å². The SMILES string of the molecule is Cc1ccnc(Sc2ccc(CNC3CC3)cc2Cl)n1. The van der Waals surface area contributed by atoms with E-state index in [1.165, 1.54) is 30.2 Å². The van der Waals surface area contributed by atoms with Crippen LogP contribution in [0.2, 0.25) is 5.02 Å². The first-order chi connectivity index (χ1) is 9.70. The van der Waals surface area contributed by atoms with Crippen LogP contribution in [0.15, 0.2) is 40.5 Å². The van der Waals surface area contributed by atoms with E-state index in [-0.39, 0.29) is 0 Å². The van der Waals surface area contributed by atoms with Gasteiger partial charge in [-0.1, -0.05) is 17.7 Å². The number of hydrogen-bond acceptors (Lipinski definition) is 4. The molecule has 0 atom stereocenters. The Bertz CT molecular complexity index is 614. The molecule has 5 heteroatoms. The van der Waals surface area contributed by atoms with Crippen LogP contribution in [0.4, 0.5) is 0 Å². The Kier molecular flexibility index (Phi) is 4.24. The zero-order valence-corrected chi connectivity index (χ0v) is 12.8. The molecular formula is C15H16ClN3S.